The molecule has 5 aromatic rings. The van der Waals surface area contributed by atoms with Gasteiger partial charge in [-0.1, -0.05) is 36.4 Å². The minimum Gasteiger partial charge on any atom is -0.383 e. The van der Waals surface area contributed by atoms with Crippen molar-refractivity contribution in [3.63, 3.8) is 0 Å². The fourth-order valence-corrected chi connectivity index (χ4v) is 4.83. The molecule has 0 radical (unpaired) electrons. The molecule has 4 aromatic heterocycles. The number of hydrogen-bond donors (Lipinski definition) is 2. The molecule has 184 valence electrons. The number of rotatable bonds is 5. The largest absolute Gasteiger partial charge is 0.383 e. The number of nitrogens with two attached hydrogens (primary N) is 1. The number of anilines is 1. The van der Waals surface area contributed by atoms with Gasteiger partial charge in [0.1, 0.15) is 12.1 Å². The van der Waals surface area contributed by atoms with Gasteiger partial charge in [-0.25, -0.2) is 4.98 Å². The van der Waals surface area contributed by atoms with Crippen molar-refractivity contribution < 1.29 is 9.59 Å². The van der Waals surface area contributed by atoms with E-state index >= 15 is 0 Å². The maximum Gasteiger partial charge on any atom is 0.291 e. The summed E-state index contributed by atoms with van der Waals surface area (Å²) in [6, 6.07) is 13.9. The van der Waals surface area contributed by atoms with Crippen LogP contribution in [0.1, 0.15) is 45.4 Å². The number of benzene rings is 1. The minimum absolute atomic E-state index is 0.0346. The Morgan fingerprint density at radius 3 is 2.54 bits per heavy atom. The number of nitrogen functional groups attached to an aromatic ring is 1. The lowest BCUT2D eigenvalue weighted by Gasteiger charge is -2.31. The van der Waals surface area contributed by atoms with E-state index in [2.05, 4.69) is 25.3 Å². The van der Waals surface area contributed by atoms with Crippen LogP contribution in [0.25, 0.3) is 28.0 Å². The first-order chi connectivity index (χ1) is 18.1. The summed E-state index contributed by atoms with van der Waals surface area (Å²) in [7, 11) is 0. The number of fused-ring (bicyclic) bond motifs is 1. The monoisotopic (exact) mass is 493 g/mol. The van der Waals surface area contributed by atoms with E-state index in [0.717, 1.165) is 28.7 Å². The number of nitrogens with zero attached hydrogens (tertiary/aromatic N) is 7. The maximum absolute atomic E-state index is 12.6. The Balaban J connectivity index is 1.31. The topological polar surface area (TPSA) is 148 Å². The second-order valence-electron chi connectivity index (χ2n) is 8.91. The van der Waals surface area contributed by atoms with Gasteiger partial charge in [-0.05, 0) is 18.9 Å². The van der Waals surface area contributed by atoms with Crippen LogP contribution in [0, 0.1) is 0 Å². The van der Waals surface area contributed by atoms with Crippen molar-refractivity contribution in [1.82, 2.24) is 39.7 Å². The van der Waals surface area contributed by atoms with Crippen LogP contribution < -0.4 is 5.73 Å². The second kappa shape index (κ2) is 9.26. The fourth-order valence-electron chi connectivity index (χ4n) is 4.83. The van der Waals surface area contributed by atoms with Gasteiger partial charge < -0.3 is 15.6 Å². The lowest BCUT2D eigenvalue weighted by atomic mass is 9.90. The van der Waals surface area contributed by atoms with E-state index in [4.69, 9.17) is 10.7 Å². The number of hydrogen-bond acceptors (Lipinski definition) is 8. The average Bonchev–Trinajstić information content (AvgIpc) is 3.64. The Kier molecular flexibility index (Phi) is 5.64. The standard InChI is InChI=1S/C26H23N9O2/c27-23-20(14-36)22(17-8-10-34(11-9-17)26(37)24-29-15-30-33-24)32-25-19(13-31-35(23)25)18-6-7-21(28-12-18)16-4-2-1-3-5-16/h1-7,12-15,17H,8-11,27H2,(H,29,30,33). The molecule has 1 aliphatic rings. The molecule has 1 fully saturated rings. The predicted octanol–water partition coefficient (Wildman–Crippen LogP) is 2.99. The lowest BCUT2D eigenvalue weighted by molar-refractivity contribution is 0.0699. The average molecular weight is 494 g/mol. The summed E-state index contributed by atoms with van der Waals surface area (Å²) in [6.07, 6.45) is 6.88. The molecule has 0 atom stereocenters. The highest BCUT2D eigenvalue weighted by molar-refractivity contribution is 5.90. The van der Waals surface area contributed by atoms with Crippen LogP contribution >= 0.6 is 0 Å². The Bertz CT molecular complexity index is 1570. The quantitative estimate of drug-likeness (QED) is 0.355. The summed E-state index contributed by atoms with van der Waals surface area (Å²) in [6.45, 7) is 1.01. The van der Waals surface area contributed by atoms with Gasteiger partial charge in [0.2, 0.25) is 5.82 Å². The molecule has 11 nitrogen and oxygen atoms in total. The predicted molar refractivity (Wildman–Crippen MR) is 136 cm³/mol. The Hall–Kier alpha value is -4.93. The first kappa shape index (κ1) is 22.5. The van der Waals surface area contributed by atoms with Crippen LogP contribution in [0.5, 0.6) is 0 Å². The second-order valence-corrected chi connectivity index (χ2v) is 8.91. The van der Waals surface area contributed by atoms with E-state index in [1.54, 1.807) is 17.3 Å². The zero-order valence-electron chi connectivity index (χ0n) is 19.8. The van der Waals surface area contributed by atoms with E-state index in [1.807, 2.05) is 42.5 Å². The highest BCUT2D eigenvalue weighted by Gasteiger charge is 2.30. The number of aromatic amines is 1. The molecule has 1 aromatic carbocycles. The normalized spacial score (nSPS) is 14.2. The number of H-pyrrole nitrogens is 1. The summed E-state index contributed by atoms with van der Waals surface area (Å²) in [5.74, 6) is 0.230. The molecule has 0 saturated carbocycles. The molecule has 0 unspecified atom stereocenters. The number of carbonyl (C=O) groups is 2. The third-order valence-corrected chi connectivity index (χ3v) is 6.80. The van der Waals surface area contributed by atoms with Gasteiger partial charge in [0.15, 0.2) is 11.9 Å². The summed E-state index contributed by atoms with van der Waals surface area (Å²) >= 11 is 0. The van der Waals surface area contributed by atoms with Gasteiger partial charge in [0.25, 0.3) is 5.91 Å². The van der Waals surface area contributed by atoms with Crippen LogP contribution in [-0.2, 0) is 0 Å². The molecular weight excluding hydrogens is 470 g/mol. The molecule has 1 aliphatic heterocycles. The maximum atomic E-state index is 12.6. The number of piperidine rings is 1. The highest BCUT2D eigenvalue weighted by atomic mass is 16.2. The van der Waals surface area contributed by atoms with Crippen LogP contribution in [0.2, 0.25) is 0 Å². The highest BCUT2D eigenvalue weighted by Crippen LogP contribution is 2.34. The zero-order chi connectivity index (χ0) is 25.4. The van der Waals surface area contributed by atoms with Crippen LogP contribution in [0.4, 0.5) is 5.82 Å². The van der Waals surface area contributed by atoms with E-state index in [-0.39, 0.29) is 23.5 Å². The fraction of sp³-hybridized carbons (Fsp3) is 0.192. The third kappa shape index (κ3) is 3.99. The number of aromatic nitrogens is 7. The van der Waals surface area contributed by atoms with Gasteiger partial charge in [-0.15, -0.1) is 10.2 Å². The number of amides is 1. The molecule has 0 spiro atoms. The van der Waals surface area contributed by atoms with Crippen LogP contribution in [0.15, 0.2) is 61.2 Å². The molecule has 0 bridgehead atoms. The van der Waals surface area contributed by atoms with E-state index in [0.29, 0.717) is 42.8 Å². The number of carbonyl (C=O) groups excluding carboxylic acids is 2. The van der Waals surface area contributed by atoms with Gasteiger partial charge in [-0.2, -0.15) is 9.61 Å². The van der Waals surface area contributed by atoms with Crippen LogP contribution in [0.3, 0.4) is 0 Å². The Labute approximate surface area is 211 Å². The SMILES string of the molecule is Nc1c(C=O)c(C2CCN(C(=O)c3nnc[nH]3)CC2)nc2c(-c3ccc(-c4ccccc4)nc3)cnn12. The number of aldehydes is 1. The summed E-state index contributed by atoms with van der Waals surface area (Å²) in [4.78, 5) is 38.7. The van der Waals surface area contributed by atoms with Gasteiger partial charge in [-0.3, -0.25) is 14.6 Å². The molecule has 1 amide bonds. The van der Waals surface area contributed by atoms with Gasteiger partial charge in [0.05, 0.1) is 23.1 Å². The number of nitrogens with one attached hydrogen (secondary N) is 1. The third-order valence-electron chi connectivity index (χ3n) is 6.80. The van der Waals surface area contributed by atoms with Gasteiger partial charge >= 0.3 is 0 Å². The van der Waals surface area contributed by atoms with E-state index in [9.17, 15) is 9.59 Å². The van der Waals surface area contributed by atoms with Crippen molar-refractivity contribution in [2.45, 2.75) is 18.8 Å². The Morgan fingerprint density at radius 1 is 1.05 bits per heavy atom. The molecule has 11 heteroatoms. The molecule has 3 N–H and O–H groups in total. The van der Waals surface area contributed by atoms with Crippen molar-refractivity contribution in [2.75, 3.05) is 18.8 Å². The molecule has 37 heavy (non-hydrogen) atoms. The Morgan fingerprint density at radius 2 is 1.86 bits per heavy atom. The molecular formula is C26H23N9O2. The number of pyridine rings is 1. The molecule has 1 saturated heterocycles. The summed E-state index contributed by atoms with van der Waals surface area (Å²) in [5, 5.41) is 11.9. The summed E-state index contributed by atoms with van der Waals surface area (Å²) in [5.41, 5.74) is 11.4. The smallest absolute Gasteiger partial charge is 0.291 e. The van der Waals surface area contributed by atoms with Crippen molar-refractivity contribution in [2.24, 2.45) is 0 Å². The first-order valence-corrected chi connectivity index (χ1v) is 11.9. The molecule has 6 rings (SSSR count). The molecule has 0 aliphatic carbocycles. The van der Waals surface area contributed by atoms with E-state index in [1.165, 1.54) is 10.8 Å². The van der Waals surface area contributed by atoms with Crippen molar-refractivity contribution in [1.29, 1.82) is 0 Å². The van der Waals surface area contributed by atoms with Crippen molar-refractivity contribution >= 4 is 23.7 Å². The molecule has 5 heterocycles. The summed E-state index contributed by atoms with van der Waals surface area (Å²) < 4.78 is 1.50. The zero-order valence-corrected chi connectivity index (χ0v) is 19.8. The lowest BCUT2D eigenvalue weighted by Crippen LogP contribution is -2.38. The van der Waals surface area contributed by atoms with E-state index < -0.39 is 0 Å². The van der Waals surface area contributed by atoms with Gasteiger partial charge in [0, 0.05) is 41.9 Å². The van der Waals surface area contributed by atoms with Crippen molar-refractivity contribution in [3.05, 3.63) is 78.3 Å². The van der Waals surface area contributed by atoms with Crippen LogP contribution in [-0.4, -0.2) is 64.9 Å². The number of likely N-dealkylation sites (tertiary alicyclic amines) is 1. The minimum atomic E-state index is -0.195. The van der Waals surface area contributed by atoms with Crippen molar-refractivity contribution in [3.8, 4) is 22.4 Å². The first-order valence-electron chi connectivity index (χ1n) is 11.9.